The molecule has 0 aliphatic carbocycles. The first kappa shape index (κ1) is 24.2. The first-order chi connectivity index (χ1) is 14.4. The van der Waals surface area contributed by atoms with Crippen molar-refractivity contribution in [1.82, 2.24) is 9.97 Å². The van der Waals surface area contributed by atoms with Crippen LogP contribution in [0.2, 0.25) is 0 Å². The van der Waals surface area contributed by atoms with E-state index in [0.29, 0.717) is 0 Å². The maximum Gasteiger partial charge on any atom is 2.00 e. The van der Waals surface area contributed by atoms with Gasteiger partial charge in [-0.2, -0.15) is 0 Å². The van der Waals surface area contributed by atoms with E-state index < -0.39 is 24.0 Å². The second-order valence-corrected chi connectivity index (χ2v) is 6.98. The molecule has 0 spiro atoms. The molecule has 0 bridgehead atoms. The summed E-state index contributed by atoms with van der Waals surface area (Å²) in [5.74, 6) is -2.44. The number of aliphatic carboxylic acids is 2. The van der Waals surface area contributed by atoms with Crippen molar-refractivity contribution in [1.29, 1.82) is 0 Å². The molecule has 0 aliphatic heterocycles. The number of hydrogen-bond donors (Lipinski definition) is 4. The maximum absolute atomic E-state index is 10.5. The molecule has 2 aromatic carbocycles. The number of benzene rings is 2. The minimum absolute atomic E-state index is 0. The van der Waals surface area contributed by atoms with Gasteiger partial charge in [0.15, 0.2) is 0 Å². The van der Waals surface area contributed by atoms with Crippen LogP contribution in [0.5, 0.6) is 0 Å². The van der Waals surface area contributed by atoms with E-state index in [4.69, 9.17) is 11.5 Å². The molecule has 4 aromatic rings. The smallest absolute Gasteiger partial charge is 0.548 e. The van der Waals surface area contributed by atoms with Crippen molar-refractivity contribution >= 4 is 33.7 Å². The molecule has 2 atom stereocenters. The molecule has 6 N–H and O–H groups in total. The molecule has 0 aliphatic rings. The number of carbonyl (C=O) groups excluding carboxylic acids is 2. The van der Waals surface area contributed by atoms with E-state index >= 15 is 0 Å². The standard InChI is InChI=1S/2C11H12N2O2.Cu/c2*12-9(11(14)15)5-7-6-13-10-4-2-1-3-8(7)10;/h2*1-4,6,9,13H,5,12H2,(H,14,15);/q;;+2/p-2. The van der Waals surface area contributed by atoms with Crippen LogP contribution in [0.1, 0.15) is 11.1 Å². The number of aromatic nitrogens is 2. The Balaban J connectivity index is 0.000000213. The second-order valence-electron chi connectivity index (χ2n) is 6.98. The average molecular weight is 470 g/mol. The zero-order chi connectivity index (χ0) is 21.7. The molecule has 1 radical (unpaired) electrons. The van der Waals surface area contributed by atoms with Crippen molar-refractivity contribution in [2.24, 2.45) is 11.5 Å². The van der Waals surface area contributed by atoms with E-state index in [2.05, 4.69) is 9.97 Å². The Bertz CT molecular complexity index is 1080. The summed E-state index contributed by atoms with van der Waals surface area (Å²) in [6, 6.07) is 13.5. The van der Waals surface area contributed by atoms with Gasteiger partial charge in [-0.3, -0.25) is 0 Å². The van der Waals surface area contributed by atoms with Gasteiger partial charge in [-0.25, -0.2) is 0 Å². The minimum Gasteiger partial charge on any atom is -0.548 e. The number of fused-ring (bicyclic) bond motifs is 2. The van der Waals surface area contributed by atoms with Crippen molar-refractivity contribution in [2.45, 2.75) is 24.9 Å². The van der Waals surface area contributed by atoms with Gasteiger partial charge < -0.3 is 41.2 Å². The summed E-state index contributed by atoms with van der Waals surface area (Å²) in [5, 5.41) is 23.0. The van der Waals surface area contributed by atoms with E-state index in [9.17, 15) is 19.8 Å². The third-order valence-electron chi connectivity index (χ3n) is 4.83. The number of carboxylic acid groups (broad SMARTS) is 2. The monoisotopic (exact) mass is 469 g/mol. The number of carboxylic acids is 2. The molecular formula is C22H22CuN4O4. The molecule has 165 valence electrons. The Morgan fingerprint density at radius 1 is 0.742 bits per heavy atom. The van der Waals surface area contributed by atoms with Gasteiger partial charge >= 0.3 is 17.1 Å². The molecule has 9 heteroatoms. The molecule has 4 rings (SSSR count). The Morgan fingerprint density at radius 2 is 1.10 bits per heavy atom. The molecule has 0 amide bonds. The number of H-pyrrole nitrogens is 2. The van der Waals surface area contributed by atoms with Crippen LogP contribution in [0, 0.1) is 0 Å². The fraction of sp³-hybridized carbons (Fsp3) is 0.182. The van der Waals surface area contributed by atoms with Crippen LogP contribution in [-0.4, -0.2) is 34.0 Å². The van der Waals surface area contributed by atoms with Gasteiger partial charge in [-0.15, -0.1) is 0 Å². The predicted molar refractivity (Wildman–Crippen MR) is 110 cm³/mol. The van der Waals surface area contributed by atoms with Gasteiger partial charge in [-0.1, -0.05) is 36.4 Å². The van der Waals surface area contributed by atoms with Crippen LogP contribution in [-0.2, 0) is 39.5 Å². The second kappa shape index (κ2) is 10.8. The number of rotatable bonds is 6. The number of aromatic amines is 2. The molecule has 8 nitrogen and oxygen atoms in total. The summed E-state index contributed by atoms with van der Waals surface area (Å²) >= 11 is 0. The van der Waals surface area contributed by atoms with Crippen molar-refractivity contribution in [2.75, 3.05) is 0 Å². The molecule has 2 aromatic heterocycles. The van der Waals surface area contributed by atoms with Gasteiger partial charge in [-0.05, 0) is 36.1 Å². The third kappa shape index (κ3) is 5.96. The predicted octanol–water partition coefficient (Wildman–Crippen LogP) is -0.427. The summed E-state index contributed by atoms with van der Waals surface area (Å²) in [6.07, 6.45) is 4.14. The number of carbonyl (C=O) groups is 2. The summed E-state index contributed by atoms with van der Waals surface area (Å²) in [7, 11) is 0. The Kier molecular flexibility index (Phi) is 8.41. The van der Waals surface area contributed by atoms with E-state index in [0.717, 1.165) is 32.9 Å². The van der Waals surface area contributed by atoms with Crippen LogP contribution in [0.4, 0.5) is 0 Å². The van der Waals surface area contributed by atoms with E-state index in [1.165, 1.54) is 0 Å². The van der Waals surface area contributed by atoms with Crippen LogP contribution < -0.4 is 21.7 Å². The van der Waals surface area contributed by atoms with E-state index in [-0.39, 0.29) is 29.9 Å². The molecule has 2 unspecified atom stereocenters. The SMILES string of the molecule is NC(Cc1c[nH]c2ccccc12)C(=O)[O-].NC(Cc1c[nH]c2ccccc12)C(=O)[O-].[Cu+2]. The number of nitrogens with two attached hydrogens (primary N) is 2. The Labute approximate surface area is 189 Å². The normalized spacial score (nSPS) is 12.5. The fourth-order valence-corrected chi connectivity index (χ4v) is 3.24. The summed E-state index contributed by atoms with van der Waals surface area (Å²) in [4.78, 5) is 27.2. The van der Waals surface area contributed by atoms with Crippen LogP contribution >= 0.6 is 0 Å². The van der Waals surface area contributed by atoms with Crippen LogP contribution in [0.3, 0.4) is 0 Å². The molecule has 0 saturated carbocycles. The van der Waals surface area contributed by atoms with Crippen LogP contribution in [0.25, 0.3) is 21.8 Å². The molecule has 31 heavy (non-hydrogen) atoms. The van der Waals surface area contributed by atoms with Gasteiger partial charge in [0.05, 0.1) is 11.9 Å². The summed E-state index contributed by atoms with van der Waals surface area (Å²) in [5.41, 5.74) is 14.6. The summed E-state index contributed by atoms with van der Waals surface area (Å²) in [6.45, 7) is 0. The Hall–Kier alpha value is -3.10. The van der Waals surface area contributed by atoms with Crippen LogP contribution in [0.15, 0.2) is 60.9 Å². The number of nitrogens with one attached hydrogen (secondary N) is 2. The first-order valence-electron chi connectivity index (χ1n) is 9.39. The zero-order valence-electron chi connectivity index (χ0n) is 16.4. The topological polar surface area (TPSA) is 164 Å². The number of para-hydroxylation sites is 2. The van der Waals surface area contributed by atoms with Crippen molar-refractivity contribution in [3.63, 3.8) is 0 Å². The minimum atomic E-state index is -1.22. The van der Waals surface area contributed by atoms with Crippen molar-refractivity contribution < 1.29 is 36.9 Å². The van der Waals surface area contributed by atoms with E-state index in [1.807, 2.05) is 48.5 Å². The summed E-state index contributed by atoms with van der Waals surface area (Å²) < 4.78 is 0. The van der Waals surface area contributed by atoms with Gasteiger partial charge in [0.1, 0.15) is 0 Å². The maximum atomic E-state index is 10.5. The number of hydrogen-bond acceptors (Lipinski definition) is 6. The van der Waals surface area contributed by atoms with Gasteiger partial charge in [0.25, 0.3) is 0 Å². The zero-order valence-corrected chi connectivity index (χ0v) is 17.4. The largest absolute Gasteiger partial charge is 2.00 e. The third-order valence-corrected chi connectivity index (χ3v) is 4.83. The Morgan fingerprint density at radius 3 is 1.45 bits per heavy atom. The molecule has 0 fully saturated rings. The molecular weight excluding hydrogens is 448 g/mol. The fourth-order valence-electron chi connectivity index (χ4n) is 3.24. The van der Waals surface area contributed by atoms with Crippen molar-refractivity contribution in [3.05, 3.63) is 72.1 Å². The average Bonchev–Trinajstić information content (AvgIpc) is 3.33. The van der Waals surface area contributed by atoms with E-state index in [1.54, 1.807) is 12.4 Å². The molecule has 0 saturated heterocycles. The quantitative estimate of drug-likeness (QED) is 0.280. The van der Waals surface area contributed by atoms with Gasteiger partial charge in [0, 0.05) is 46.3 Å². The van der Waals surface area contributed by atoms with Crippen molar-refractivity contribution in [3.8, 4) is 0 Å². The van der Waals surface area contributed by atoms with Gasteiger partial charge in [0.2, 0.25) is 0 Å². The first-order valence-corrected chi connectivity index (χ1v) is 9.39. The molecule has 2 heterocycles.